The molecule has 22 heavy (non-hydrogen) atoms. The van der Waals surface area contributed by atoms with Crippen molar-refractivity contribution in [3.05, 3.63) is 45.2 Å². The Hall–Kier alpha value is -1.62. The quantitative estimate of drug-likeness (QED) is 0.803. The summed E-state index contributed by atoms with van der Waals surface area (Å²) in [6.45, 7) is 8.22. The molecule has 0 aliphatic heterocycles. The molecule has 0 radical (unpaired) electrons. The predicted molar refractivity (Wildman–Crippen MR) is 90.8 cm³/mol. The van der Waals surface area contributed by atoms with Gasteiger partial charge in [-0.05, 0) is 65.9 Å². The number of methoxy groups -OCH3 is 1. The van der Waals surface area contributed by atoms with Gasteiger partial charge in [-0.1, -0.05) is 13.8 Å². The Kier molecular flexibility index (Phi) is 5.06. The summed E-state index contributed by atoms with van der Waals surface area (Å²) >= 11 is 3.41. The molecular formula is C17H21BrN2O2. The van der Waals surface area contributed by atoms with Crippen LogP contribution in [0.15, 0.2) is 22.7 Å². The standard InChI is InChI=1S/C17H21BrN2O2/c1-6-10(2)16-11(3)19-20(12(16)4)17(21)13-7-8-15(22-5)14(18)9-13/h7-10H,6H2,1-5H3. The molecule has 1 unspecified atom stereocenters. The van der Waals surface area contributed by atoms with Gasteiger partial charge in [-0.15, -0.1) is 0 Å². The highest BCUT2D eigenvalue weighted by atomic mass is 79.9. The second kappa shape index (κ2) is 6.65. The molecular weight excluding hydrogens is 344 g/mol. The van der Waals surface area contributed by atoms with Crippen molar-refractivity contribution in [2.45, 2.75) is 40.0 Å². The molecule has 0 amide bonds. The number of hydrogen-bond donors (Lipinski definition) is 0. The molecule has 0 spiro atoms. The summed E-state index contributed by atoms with van der Waals surface area (Å²) in [6.07, 6.45) is 1.02. The molecule has 5 heteroatoms. The van der Waals surface area contributed by atoms with E-state index in [9.17, 15) is 4.79 Å². The van der Waals surface area contributed by atoms with E-state index < -0.39 is 0 Å². The number of ether oxygens (including phenoxy) is 1. The average Bonchev–Trinajstić information content (AvgIpc) is 2.80. The van der Waals surface area contributed by atoms with Crippen LogP contribution >= 0.6 is 15.9 Å². The summed E-state index contributed by atoms with van der Waals surface area (Å²) in [5, 5.41) is 4.45. The van der Waals surface area contributed by atoms with E-state index in [0.29, 0.717) is 17.2 Å². The molecule has 0 saturated heterocycles. The van der Waals surface area contributed by atoms with E-state index in [2.05, 4.69) is 34.9 Å². The van der Waals surface area contributed by atoms with Crippen LogP contribution in [0.2, 0.25) is 0 Å². The molecule has 0 fully saturated rings. The van der Waals surface area contributed by atoms with Crippen LogP contribution in [0.4, 0.5) is 0 Å². The monoisotopic (exact) mass is 364 g/mol. The molecule has 0 aliphatic carbocycles. The van der Waals surface area contributed by atoms with Crippen LogP contribution < -0.4 is 4.74 Å². The fraction of sp³-hybridized carbons (Fsp3) is 0.412. The lowest BCUT2D eigenvalue weighted by molar-refractivity contribution is 0.0942. The molecule has 2 rings (SSSR count). The Labute approximate surface area is 139 Å². The van der Waals surface area contributed by atoms with Crippen molar-refractivity contribution in [3.63, 3.8) is 0 Å². The van der Waals surface area contributed by atoms with Gasteiger partial charge >= 0.3 is 0 Å². The molecule has 0 saturated carbocycles. The van der Waals surface area contributed by atoms with Crippen LogP contribution in [0.1, 0.15) is 53.5 Å². The van der Waals surface area contributed by atoms with Gasteiger partial charge in [-0.2, -0.15) is 5.10 Å². The molecule has 2 aromatic rings. The average molecular weight is 365 g/mol. The predicted octanol–water partition coefficient (Wildman–Crippen LogP) is 4.47. The van der Waals surface area contributed by atoms with Gasteiger partial charge in [0.1, 0.15) is 5.75 Å². The van der Waals surface area contributed by atoms with Crippen molar-refractivity contribution >= 4 is 21.8 Å². The van der Waals surface area contributed by atoms with Gasteiger partial charge < -0.3 is 4.74 Å². The highest BCUT2D eigenvalue weighted by Crippen LogP contribution is 2.28. The lowest BCUT2D eigenvalue weighted by Gasteiger charge is -2.10. The Morgan fingerprint density at radius 1 is 1.41 bits per heavy atom. The molecule has 0 N–H and O–H groups in total. The summed E-state index contributed by atoms with van der Waals surface area (Å²) in [4.78, 5) is 12.7. The van der Waals surface area contributed by atoms with E-state index in [4.69, 9.17) is 4.74 Å². The summed E-state index contributed by atoms with van der Waals surface area (Å²) in [7, 11) is 1.60. The number of carbonyl (C=O) groups excluding carboxylic acids is 1. The van der Waals surface area contributed by atoms with Crippen LogP contribution in [0.5, 0.6) is 5.75 Å². The second-order valence-electron chi connectivity index (χ2n) is 5.46. The Bertz CT molecular complexity index is 707. The molecule has 1 aromatic heterocycles. The maximum absolute atomic E-state index is 12.7. The van der Waals surface area contributed by atoms with Crippen LogP contribution in [0, 0.1) is 13.8 Å². The SMILES string of the molecule is CCC(C)c1c(C)nn(C(=O)c2ccc(OC)c(Br)c2)c1C. The van der Waals surface area contributed by atoms with Crippen LogP contribution in [-0.2, 0) is 0 Å². The number of aryl methyl sites for hydroxylation is 1. The number of hydrogen-bond acceptors (Lipinski definition) is 3. The summed E-state index contributed by atoms with van der Waals surface area (Å²) in [6, 6.07) is 5.30. The molecule has 0 aliphatic rings. The number of carbonyl (C=O) groups is 1. The van der Waals surface area contributed by atoms with E-state index in [1.54, 1.807) is 25.3 Å². The van der Waals surface area contributed by atoms with Gasteiger partial charge in [0, 0.05) is 11.3 Å². The third-order valence-corrected chi connectivity index (χ3v) is 4.66. The zero-order valence-electron chi connectivity index (χ0n) is 13.6. The minimum absolute atomic E-state index is 0.126. The molecule has 1 aromatic carbocycles. The lowest BCUT2D eigenvalue weighted by atomic mass is 9.97. The molecule has 4 nitrogen and oxygen atoms in total. The number of nitrogens with zero attached hydrogens (tertiary/aromatic N) is 2. The second-order valence-corrected chi connectivity index (χ2v) is 6.31. The van der Waals surface area contributed by atoms with Crippen LogP contribution in [0.25, 0.3) is 0 Å². The van der Waals surface area contributed by atoms with Crippen molar-refractivity contribution in [2.24, 2.45) is 0 Å². The van der Waals surface area contributed by atoms with Gasteiger partial charge in [0.25, 0.3) is 5.91 Å². The largest absolute Gasteiger partial charge is 0.496 e. The van der Waals surface area contributed by atoms with E-state index in [1.807, 2.05) is 13.8 Å². The van der Waals surface area contributed by atoms with Gasteiger partial charge in [-0.3, -0.25) is 4.79 Å². The Balaban J connectivity index is 2.44. The summed E-state index contributed by atoms with van der Waals surface area (Å²) in [5.41, 5.74) is 3.59. The molecule has 0 bridgehead atoms. The maximum atomic E-state index is 12.7. The minimum atomic E-state index is -0.126. The lowest BCUT2D eigenvalue weighted by Crippen LogP contribution is -2.15. The first-order valence-corrected chi connectivity index (χ1v) is 8.14. The van der Waals surface area contributed by atoms with Crippen LogP contribution in [0.3, 0.4) is 0 Å². The smallest absolute Gasteiger partial charge is 0.278 e. The summed E-state index contributed by atoms with van der Waals surface area (Å²) in [5.74, 6) is 0.966. The molecule has 118 valence electrons. The van der Waals surface area contributed by atoms with Crippen molar-refractivity contribution in [3.8, 4) is 5.75 Å². The van der Waals surface area contributed by atoms with E-state index in [1.165, 1.54) is 10.2 Å². The zero-order chi connectivity index (χ0) is 16.4. The van der Waals surface area contributed by atoms with Crippen molar-refractivity contribution in [2.75, 3.05) is 7.11 Å². The fourth-order valence-electron chi connectivity index (χ4n) is 2.69. The minimum Gasteiger partial charge on any atom is -0.496 e. The number of benzene rings is 1. The summed E-state index contributed by atoms with van der Waals surface area (Å²) < 4.78 is 7.46. The molecule has 1 heterocycles. The van der Waals surface area contributed by atoms with E-state index in [0.717, 1.165) is 22.3 Å². The normalized spacial score (nSPS) is 12.3. The first-order chi connectivity index (χ1) is 10.4. The fourth-order valence-corrected chi connectivity index (χ4v) is 3.23. The van der Waals surface area contributed by atoms with Gasteiger partial charge in [0.15, 0.2) is 0 Å². The van der Waals surface area contributed by atoms with Gasteiger partial charge in [-0.25, -0.2) is 4.68 Å². The van der Waals surface area contributed by atoms with Crippen LogP contribution in [-0.4, -0.2) is 22.8 Å². The number of aromatic nitrogens is 2. The van der Waals surface area contributed by atoms with Gasteiger partial charge in [0.2, 0.25) is 0 Å². The van der Waals surface area contributed by atoms with Gasteiger partial charge in [0.05, 0.1) is 17.3 Å². The first kappa shape index (κ1) is 16.7. The van der Waals surface area contributed by atoms with Crippen molar-refractivity contribution in [1.82, 2.24) is 9.78 Å². The Morgan fingerprint density at radius 3 is 2.64 bits per heavy atom. The van der Waals surface area contributed by atoms with Crippen molar-refractivity contribution in [1.29, 1.82) is 0 Å². The van der Waals surface area contributed by atoms with E-state index in [-0.39, 0.29) is 5.91 Å². The Morgan fingerprint density at radius 2 is 2.09 bits per heavy atom. The zero-order valence-corrected chi connectivity index (χ0v) is 15.2. The number of halogens is 1. The third-order valence-electron chi connectivity index (χ3n) is 4.04. The third kappa shape index (κ3) is 2.95. The first-order valence-electron chi connectivity index (χ1n) is 7.35. The molecule has 1 atom stereocenters. The van der Waals surface area contributed by atoms with Crippen molar-refractivity contribution < 1.29 is 9.53 Å². The highest BCUT2D eigenvalue weighted by Gasteiger charge is 2.21. The van der Waals surface area contributed by atoms with E-state index >= 15 is 0 Å². The topological polar surface area (TPSA) is 44.1 Å². The number of rotatable bonds is 4. The maximum Gasteiger partial charge on any atom is 0.278 e. The highest BCUT2D eigenvalue weighted by molar-refractivity contribution is 9.10.